The third kappa shape index (κ3) is 10.0. The average molecular weight is 606 g/mol. The number of carbonyl (C=O) groups excluding carboxylic acids is 1. The Morgan fingerprint density at radius 3 is 2.76 bits per heavy atom. The van der Waals surface area contributed by atoms with Crippen molar-refractivity contribution < 1.29 is 9.53 Å². The third-order valence-electron chi connectivity index (χ3n) is 8.72. The van der Waals surface area contributed by atoms with Crippen LogP contribution in [0.2, 0.25) is 0 Å². The number of nitrogens with zero attached hydrogens (tertiary/aromatic N) is 1. The summed E-state index contributed by atoms with van der Waals surface area (Å²) >= 11 is 0. The topological polar surface area (TPSA) is 63.2 Å². The van der Waals surface area contributed by atoms with E-state index in [-0.39, 0.29) is 18.0 Å². The fraction of sp³-hybridized carbons (Fsp3) is 0.400. The van der Waals surface area contributed by atoms with E-state index in [1.54, 1.807) is 0 Å². The van der Waals surface area contributed by atoms with Crippen molar-refractivity contribution in [1.82, 2.24) is 15.6 Å². The van der Waals surface area contributed by atoms with Gasteiger partial charge in [-0.3, -0.25) is 9.78 Å². The van der Waals surface area contributed by atoms with E-state index >= 15 is 0 Å². The first-order valence-corrected chi connectivity index (χ1v) is 16.6. The lowest BCUT2D eigenvalue weighted by molar-refractivity contribution is -0.148. The summed E-state index contributed by atoms with van der Waals surface area (Å²) in [5, 5.41) is 8.80. The Balaban J connectivity index is 1.36. The highest BCUT2D eigenvalue weighted by Crippen LogP contribution is 2.29. The highest BCUT2D eigenvalue weighted by atomic mass is 16.5. The molecule has 5 heteroatoms. The van der Waals surface area contributed by atoms with E-state index < -0.39 is 0 Å². The van der Waals surface area contributed by atoms with E-state index in [0.29, 0.717) is 6.42 Å². The minimum absolute atomic E-state index is 0.0371. The minimum Gasteiger partial charge on any atom is -0.461 e. The normalized spacial score (nSPS) is 18.2. The molecule has 1 unspecified atom stereocenters. The average Bonchev–Trinajstić information content (AvgIpc) is 3.55. The van der Waals surface area contributed by atoms with Crippen molar-refractivity contribution in [2.45, 2.75) is 85.2 Å². The van der Waals surface area contributed by atoms with Crippen LogP contribution in [0.5, 0.6) is 0 Å². The molecule has 1 aromatic carbocycles. The van der Waals surface area contributed by atoms with Crippen LogP contribution in [0, 0.1) is 12.8 Å². The van der Waals surface area contributed by atoms with E-state index in [1.165, 1.54) is 16.7 Å². The van der Waals surface area contributed by atoms with Gasteiger partial charge in [0, 0.05) is 12.2 Å². The molecule has 1 fully saturated rings. The molecule has 2 atom stereocenters. The largest absolute Gasteiger partial charge is 0.461 e. The smallest absolute Gasteiger partial charge is 0.306 e. The van der Waals surface area contributed by atoms with Gasteiger partial charge in [0.1, 0.15) is 6.10 Å². The van der Waals surface area contributed by atoms with E-state index in [0.717, 1.165) is 96.7 Å². The van der Waals surface area contributed by atoms with Gasteiger partial charge in [0.15, 0.2) is 0 Å². The van der Waals surface area contributed by atoms with Crippen LogP contribution in [0.1, 0.15) is 89.1 Å². The van der Waals surface area contributed by atoms with Gasteiger partial charge in [-0.15, -0.1) is 0 Å². The van der Waals surface area contributed by atoms with Gasteiger partial charge in [-0.2, -0.15) is 0 Å². The first-order valence-electron chi connectivity index (χ1n) is 16.6. The number of aromatic nitrogens is 1. The van der Waals surface area contributed by atoms with Gasteiger partial charge in [0.25, 0.3) is 0 Å². The van der Waals surface area contributed by atoms with E-state index in [9.17, 15) is 4.79 Å². The molecular weight excluding hydrogens is 554 g/mol. The molecule has 1 saturated heterocycles. The Morgan fingerprint density at radius 2 is 2.02 bits per heavy atom. The fourth-order valence-electron chi connectivity index (χ4n) is 6.03. The molecule has 4 rings (SSSR count). The molecule has 45 heavy (non-hydrogen) atoms. The van der Waals surface area contributed by atoms with Crippen molar-refractivity contribution >= 4 is 29.9 Å². The van der Waals surface area contributed by atoms with E-state index in [4.69, 9.17) is 9.72 Å². The second kappa shape index (κ2) is 16.9. The molecule has 1 aromatic heterocycles. The predicted octanol–water partition coefficient (Wildman–Crippen LogP) is 7.29. The summed E-state index contributed by atoms with van der Waals surface area (Å²) in [4.78, 5) is 17.2. The third-order valence-corrected chi connectivity index (χ3v) is 8.72. The summed E-state index contributed by atoms with van der Waals surface area (Å²) in [7, 11) is 0. The Kier molecular flexibility index (Phi) is 12.8. The number of allylic oxidation sites excluding steroid dienone is 7. The van der Waals surface area contributed by atoms with Crippen molar-refractivity contribution in [2.75, 3.05) is 13.1 Å². The number of aryl methyl sites for hydroxylation is 1. The van der Waals surface area contributed by atoms with Gasteiger partial charge >= 0.3 is 5.97 Å². The number of dihydropyridines is 1. The molecule has 238 valence electrons. The molecule has 2 aliphatic rings. The molecule has 0 amide bonds. The molecule has 0 radical (unpaired) electrons. The first kappa shape index (κ1) is 33.9. The maximum absolute atomic E-state index is 12.4. The Morgan fingerprint density at radius 1 is 1.20 bits per heavy atom. The zero-order valence-electron chi connectivity index (χ0n) is 27.8. The number of benzene rings is 1. The summed E-state index contributed by atoms with van der Waals surface area (Å²) < 4.78 is 5.63. The minimum atomic E-state index is -0.0743. The molecule has 2 aromatic rings. The number of rotatable bonds is 14. The molecule has 0 spiro atoms. The molecule has 2 aliphatic heterocycles. The van der Waals surface area contributed by atoms with Crippen LogP contribution in [0.3, 0.4) is 0 Å². The number of pyridine rings is 1. The standard InChI is InChI=1S/C40H51N3O2/c1-7-32(24-39(44)45-36-20-22-41-27-36)23-28(3)13-9-10-14-29(4)33(8-2)25-35-26-34(19-18-30(35)5)37-16-12-21-42-40(37)38-17-11-15-31(6)43-38/h8,11-12,15,17-19,21,23,25-26,32,36,41-42H,4-5,7,9-10,13-14,16,20,22,24,27H2,1-3,6H3/b28-23+,33-8+,35-25-/t32?,36-/m1/s1. The first-order chi connectivity index (χ1) is 21.8. The number of hydrogen-bond acceptors (Lipinski definition) is 5. The summed E-state index contributed by atoms with van der Waals surface area (Å²) in [6, 6.07) is 12.6. The Hall–Kier alpha value is -3.96. The number of hydrogen-bond donors (Lipinski definition) is 2. The van der Waals surface area contributed by atoms with Crippen LogP contribution in [0.4, 0.5) is 0 Å². The SMILES string of the molecule is C=C(CCCC/C(C)=C/C(CC)CC(=O)O[C@@H]1CCNC1)C(/C=c1/cc(C2=C(c3cccc(C)n3)NC=CC2)ccc1=C)=C/C. The maximum Gasteiger partial charge on any atom is 0.306 e. The summed E-state index contributed by atoms with van der Waals surface area (Å²) in [6.45, 7) is 18.9. The van der Waals surface area contributed by atoms with Gasteiger partial charge < -0.3 is 15.4 Å². The van der Waals surface area contributed by atoms with Crippen molar-refractivity contribution in [3.05, 3.63) is 112 Å². The number of carbonyl (C=O) groups is 1. The molecule has 2 N–H and O–H groups in total. The quantitative estimate of drug-likeness (QED) is 0.103. The van der Waals surface area contributed by atoms with Crippen molar-refractivity contribution in [3.8, 4) is 0 Å². The van der Waals surface area contributed by atoms with Crippen LogP contribution in [-0.2, 0) is 9.53 Å². The predicted molar refractivity (Wildman–Crippen MR) is 189 cm³/mol. The Bertz CT molecular complexity index is 1590. The summed E-state index contributed by atoms with van der Waals surface area (Å²) in [5.41, 5.74) is 9.05. The van der Waals surface area contributed by atoms with Crippen LogP contribution < -0.4 is 21.1 Å². The highest BCUT2D eigenvalue weighted by molar-refractivity contribution is 5.91. The van der Waals surface area contributed by atoms with E-state index in [2.05, 4.69) is 99.2 Å². The molecule has 0 saturated carbocycles. The highest BCUT2D eigenvalue weighted by Gasteiger charge is 2.20. The second-order valence-corrected chi connectivity index (χ2v) is 12.4. The fourth-order valence-corrected chi connectivity index (χ4v) is 6.03. The maximum atomic E-state index is 12.4. The van der Waals surface area contributed by atoms with Gasteiger partial charge in [-0.1, -0.05) is 62.1 Å². The van der Waals surface area contributed by atoms with Gasteiger partial charge in [0.05, 0.1) is 17.8 Å². The van der Waals surface area contributed by atoms with Crippen molar-refractivity contribution in [3.63, 3.8) is 0 Å². The molecule has 0 bridgehead atoms. The lowest BCUT2D eigenvalue weighted by Crippen LogP contribution is -2.24. The second-order valence-electron chi connectivity index (χ2n) is 12.4. The summed E-state index contributed by atoms with van der Waals surface area (Å²) in [6.07, 6.45) is 18.1. The monoisotopic (exact) mass is 605 g/mol. The van der Waals surface area contributed by atoms with Gasteiger partial charge in [-0.25, -0.2) is 0 Å². The molecular formula is C40H51N3O2. The molecule has 5 nitrogen and oxygen atoms in total. The van der Waals surface area contributed by atoms with Crippen LogP contribution in [0.25, 0.3) is 23.9 Å². The van der Waals surface area contributed by atoms with Gasteiger partial charge in [-0.05, 0) is 141 Å². The lowest BCUT2D eigenvalue weighted by Gasteiger charge is -2.18. The number of unbranched alkanes of at least 4 members (excludes halogenated alkanes) is 1. The lowest BCUT2D eigenvalue weighted by atomic mass is 9.94. The molecule has 3 heterocycles. The number of nitrogens with one attached hydrogen (secondary N) is 2. The Labute approximate surface area is 270 Å². The van der Waals surface area contributed by atoms with Crippen LogP contribution in [0.15, 0.2) is 84.1 Å². The number of ether oxygens (including phenoxy) is 1. The number of esters is 1. The molecule has 0 aliphatic carbocycles. The zero-order chi connectivity index (χ0) is 32.2. The van der Waals surface area contributed by atoms with Crippen LogP contribution >= 0.6 is 0 Å². The van der Waals surface area contributed by atoms with Crippen LogP contribution in [-0.4, -0.2) is 30.1 Å². The van der Waals surface area contributed by atoms with Crippen molar-refractivity contribution in [1.29, 1.82) is 0 Å². The van der Waals surface area contributed by atoms with Gasteiger partial charge in [0.2, 0.25) is 0 Å². The summed E-state index contributed by atoms with van der Waals surface area (Å²) in [5.74, 6) is 0.161. The van der Waals surface area contributed by atoms with E-state index in [1.807, 2.05) is 19.2 Å². The zero-order valence-corrected chi connectivity index (χ0v) is 27.8. The van der Waals surface area contributed by atoms with Crippen molar-refractivity contribution in [2.24, 2.45) is 5.92 Å².